The second kappa shape index (κ2) is 2.77. The number of nitrogens with one attached hydrogen (secondary N) is 1. The van der Waals surface area contributed by atoms with E-state index in [0.29, 0.717) is 0 Å². The fourth-order valence-electron chi connectivity index (χ4n) is 1.18. The molecule has 0 atom stereocenters. The molecule has 0 aliphatic carbocycles. The Morgan fingerprint density at radius 2 is 2.33 bits per heavy atom. The predicted octanol–water partition coefficient (Wildman–Crippen LogP) is 0.973. The molecule has 60 valence electrons. The van der Waals surface area contributed by atoms with Gasteiger partial charge in [0, 0.05) is 30.6 Å². The summed E-state index contributed by atoms with van der Waals surface area (Å²) < 4.78 is 0. The number of aromatic nitrogens is 1. The Balaban J connectivity index is 2.60. The summed E-state index contributed by atoms with van der Waals surface area (Å²) in [4.78, 5) is 17.7. The third kappa shape index (κ3) is 1.21. The number of rotatable bonds is 0. The van der Waals surface area contributed by atoms with E-state index in [4.69, 9.17) is 0 Å². The van der Waals surface area contributed by atoms with Crippen molar-refractivity contribution in [1.29, 1.82) is 0 Å². The fourth-order valence-corrected chi connectivity index (χ4v) is 1.18. The lowest BCUT2D eigenvalue weighted by Crippen LogP contribution is -2.07. The smallest absolute Gasteiger partial charge is 0.248 e. The van der Waals surface area contributed by atoms with Crippen LogP contribution in [0.4, 0.5) is 0 Å². The molecule has 0 saturated heterocycles. The van der Waals surface area contributed by atoms with E-state index >= 15 is 0 Å². The zero-order valence-electron chi connectivity index (χ0n) is 6.45. The van der Waals surface area contributed by atoms with Crippen molar-refractivity contribution >= 4 is 12.3 Å². The Labute approximate surface area is 69.5 Å². The van der Waals surface area contributed by atoms with E-state index in [1.54, 1.807) is 12.3 Å². The van der Waals surface area contributed by atoms with Crippen LogP contribution in [-0.4, -0.2) is 11.2 Å². The highest BCUT2D eigenvalue weighted by molar-refractivity contribution is 5.68. The van der Waals surface area contributed by atoms with E-state index in [2.05, 4.69) is 9.98 Å². The van der Waals surface area contributed by atoms with Crippen LogP contribution in [0.5, 0.6) is 0 Å². The molecular formula is C9H8N2O. The van der Waals surface area contributed by atoms with Crippen LogP contribution in [0.2, 0.25) is 0 Å². The van der Waals surface area contributed by atoms with Gasteiger partial charge in [-0.1, -0.05) is 6.07 Å². The van der Waals surface area contributed by atoms with Crippen LogP contribution >= 0.6 is 0 Å². The zero-order chi connectivity index (χ0) is 8.39. The highest BCUT2D eigenvalue weighted by atomic mass is 16.1. The van der Waals surface area contributed by atoms with Gasteiger partial charge >= 0.3 is 0 Å². The van der Waals surface area contributed by atoms with Crippen LogP contribution in [0.3, 0.4) is 0 Å². The minimum absolute atomic E-state index is 0.0692. The van der Waals surface area contributed by atoms with Crippen molar-refractivity contribution in [3.8, 4) is 0 Å². The van der Waals surface area contributed by atoms with Crippen LogP contribution in [0, 0.1) is 0 Å². The minimum atomic E-state index is -0.0692. The lowest BCUT2D eigenvalue weighted by atomic mass is 10.1. The van der Waals surface area contributed by atoms with Crippen molar-refractivity contribution in [3.63, 3.8) is 0 Å². The number of aliphatic imine (C=N–C) groups is 1. The minimum Gasteiger partial charge on any atom is -0.322 e. The van der Waals surface area contributed by atoms with E-state index in [-0.39, 0.29) is 5.56 Å². The van der Waals surface area contributed by atoms with Crippen LogP contribution in [0.1, 0.15) is 11.3 Å². The van der Waals surface area contributed by atoms with Gasteiger partial charge in [-0.2, -0.15) is 0 Å². The number of H-pyrrole nitrogens is 1. The third-order valence-electron chi connectivity index (χ3n) is 1.78. The number of aromatic amines is 1. The Morgan fingerprint density at radius 1 is 1.42 bits per heavy atom. The lowest BCUT2D eigenvalue weighted by Gasteiger charge is -1.98. The van der Waals surface area contributed by atoms with Gasteiger partial charge in [0.15, 0.2) is 0 Å². The first-order valence-corrected chi connectivity index (χ1v) is 3.77. The van der Waals surface area contributed by atoms with E-state index in [1.807, 2.05) is 12.3 Å². The molecule has 3 heteroatoms. The van der Waals surface area contributed by atoms with Crippen LogP contribution in [0.15, 0.2) is 28.1 Å². The maximum Gasteiger partial charge on any atom is 0.248 e. The lowest BCUT2D eigenvalue weighted by molar-refractivity contribution is 1.16. The molecule has 0 bridgehead atoms. The van der Waals surface area contributed by atoms with E-state index in [0.717, 1.165) is 17.7 Å². The van der Waals surface area contributed by atoms with Crippen molar-refractivity contribution in [2.45, 2.75) is 6.42 Å². The average Bonchev–Trinajstić information content (AvgIpc) is 2.28. The standard InChI is InChI=1S/C9H8N2O/c12-9-2-1-7-3-5-10-6-4-8(7)11-9/h1-2,4-6H,3H2,(H,11,12). The summed E-state index contributed by atoms with van der Waals surface area (Å²) in [7, 11) is 0. The van der Waals surface area contributed by atoms with Crippen LogP contribution in [0.25, 0.3) is 6.08 Å². The number of nitrogens with zero attached hydrogens (tertiary/aromatic N) is 1. The summed E-state index contributed by atoms with van der Waals surface area (Å²) in [6.45, 7) is 0. The summed E-state index contributed by atoms with van der Waals surface area (Å²) in [5.74, 6) is 0. The molecule has 2 heterocycles. The van der Waals surface area contributed by atoms with Gasteiger partial charge in [-0.3, -0.25) is 9.79 Å². The van der Waals surface area contributed by atoms with Crippen molar-refractivity contribution in [2.75, 3.05) is 0 Å². The molecule has 0 amide bonds. The molecule has 2 rings (SSSR count). The first-order valence-electron chi connectivity index (χ1n) is 3.77. The van der Waals surface area contributed by atoms with Gasteiger partial charge in [-0.15, -0.1) is 0 Å². The molecule has 0 fully saturated rings. The first-order chi connectivity index (χ1) is 5.86. The van der Waals surface area contributed by atoms with Crippen molar-refractivity contribution in [2.24, 2.45) is 4.99 Å². The van der Waals surface area contributed by atoms with Gasteiger partial charge < -0.3 is 4.98 Å². The summed E-state index contributed by atoms with van der Waals surface area (Å²) in [6.07, 6.45) is 6.09. The topological polar surface area (TPSA) is 45.2 Å². The SMILES string of the molecule is O=c1ccc2c([nH]1)C=CN=CC2. The summed E-state index contributed by atoms with van der Waals surface area (Å²) in [5, 5.41) is 0. The number of hydrogen-bond donors (Lipinski definition) is 1. The van der Waals surface area contributed by atoms with Gasteiger partial charge in [0.2, 0.25) is 5.56 Å². The molecule has 0 spiro atoms. The third-order valence-corrected chi connectivity index (χ3v) is 1.78. The first kappa shape index (κ1) is 7.03. The molecule has 1 N–H and O–H groups in total. The molecule has 0 radical (unpaired) electrons. The highest BCUT2D eigenvalue weighted by Gasteiger charge is 2.00. The van der Waals surface area contributed by atoms with Gasteiger partial charge in [0.05, 0.1) is 0 Å². The second-order valence-corrected chi connectivity index (χ2v) is 2.61. The second-order valence-electron chi connectivity index (χ2n) is 2.61. The molecular weight excluding hydrogens is 152 g/mol. The summed E-state index contributed by atoms with van der Waals surface area (Å²) >= 11 is 0. The highest BCUT2D eigenvalue weighted by Crippen LogP contribution is 2.07. The van der Waals surface area contributed by atoms with Crippen LogP contribution < -0.4 is 5.56 Å². The Kier molecular flexibility index (Phi) is 1.63. The van der Waals surface area contributed by atoms with E-state index in [9.17, 15) is 4.79 Å². The fraction of sp³-hybridized carbons (Fsp3) is 0.111. The van der Waals surface area contributed by atoms with Gasteiger partial charge in [-0.05, 0) is 11.6 Å². The quantitative estimate of drug-likeness (QED) is 0.604. The van der Waals surface area contributed by atoms with Gasteiger partial charge in [-0.25, -0.2) is 0 Å². The van der Waals surface area contributed by atoms with Crippen LogP contribution in [-0.2, 0) is 6.42 Å². The molecule has 0 aromatic carbocycles. The summed E-state index contributed by atoms with van der Waals surface area (Å²) in [5.41, 5.74) is 1.90. The van der Waals surface area contributed by atoms with Gasteiger partial charge in [0.1, 0.15) is 0 Å². The maximum atomic E-state index is 10.9. The molecule has 1 aliphatic rings. The predicted molar refractivity (Wildman–Crippen MR) is 48.3 cm³/mol. The number of hydrogen-bond acceptors (Lipinski definition) is 2. The molecule has 0 unspecified atom stereocenters. The monoisotopic (exact) mass is 160 g/mol. The van der Waals surface area contributed by atoms with Crippen molar-refractivity contribution < 1.29 is 0 Å². The molecule has 12 heavy (non-hydrogen) atoms. The Bertz CT molecular complexity index is 401. The summed E-state index contributed by atoms with van der Waals surface area (Å²) in [6, 6.07) is 3.36. The normalized spacial score (nSPS) is 14.0. The van der Waals surface area contributed by atoms with Crippen molar-refractivity contribution in [1.82, 2.24) is 4.98 Å². The average molecular weight is 160 g/mol. The van der Waals surface area contributed by atoms with Crippen molar-refractivity contribution in [3.05, 3.63) is 39.9 Å². The Hall–Kier alpha value is -1.64. The maximum absolute atomic E-state index is 10.9. The number of fused-ring (bicyclic) bond motifs is 1. The van der Waals surface area contributed by atoms with E-state index < -0.39 is 0 Å². The Morgan fingerprint density at radius 3 is 3.25 bits per heavy atom. The largest absolute Gasteiger partial charge is 0.322 e. The zero-order valence-corrected chi connectivity index (χ0v) is 6.45. The molecule has 1 aromatic rings. The molecule has 1 aromatic heterocycles. The number of pyridine rings is 1. The molecule has 0 saturated carbocycles. The van der Waals surface area contributed by atoms with Gasteiger partial charge in [0.25, 0.3) is 0 Å². The molecule has 3 nitrogen and oxygen atoms in total. The van der Waals surface area contributed by atoms with E-state index in [1.165, 1.54) is 6.07 Å². The molecule has 1 aliphatic heterocycles.